The summed E-state index contributed by atoms with van der Waals surface area (Å²) in [6.45, 7) is 2.32. The zero-order chi connectivity index (χ0) is 22.3. The highest BCUT2D eigenvalue weighted by Gasteiger charge is 2.28. The zero-order valence-corrected chi connectivity index (χ0v) is 16.8. The van der Waals surface area contributed by atoms with Gasteiger partial charge in [-0.2, -0.15) is 5.10 Å². The molecule has 0 bridgehead atoms. The Morgan fingerprint density at radius 1 is 1.13 bits per heavy atom. The highest BCUT2D eigenvalue weighted by Crippen LogP contribution is 2.19. The van der Waals surface area contributed by atoms with Crippen molar-refractivity contribution >= 4 is 11.9 Å². The fourth-order valence-corrected chi connectivity index (χ4v) is 3.55. The van der Waals surface area contributed by atoms with Crippen molar-refractivity contribution in [3.8, 4) is 5.69 Å². The number of halogens is 2. The highest BCUT2D eigenvalue weighted by molar-refractivity contribution is 5.95. The average Bonchev–Trinajstić information content (AvgIpc) is 3.18. The van der Waals surface area contributed by atoms with Crippen molar-refractivity contribution in [1.29, 1.82) is 0 Å². The first-order valence-electron chi connectivity index (χ1n) is 9.42. The number of rotatable bonds is 3. The molecular formula is C21H18F2N4O4. The maximum absolute atomic E-state index is 14.2. The van der Waals surface area contributed by atoms with Crippen LogP contribution in [-0.4, -0.2) is 44.8 Å². The van der Waals surface area contributed by atoms with Gasteiger partial charge in [0.1, 0.15) is 17.2 Å². The lowest BCUT2D eigenvalue weighted by molar-refractivity contribution is 0.0591. The molecule has 0 aliphatic carbocycles. The maximum atomic E-state index is 14.2. The van der Waals surface area contributed by atoms with Crippen LogP contribution >= 0.6 is 0 Å². The molecule has 1 aliphatic heterocycles. The monoisotopic (exact) mass is 428 g/mol. The van der Waals surface area contributed by atoms with Crippen molar-refractivity contribution in [2.75, 3.05) is 13.7 Å². The number of aryl methyl sites for hydroxylation is 1. The van der Waals surface area contributed by atoms with Gasteiger partial charge in [-0.1, -0.05) is 0 Å². The van der Waals surface area contributed by atoms with E-state index in [2.05, 4.69) is 9.84 Å². The van der Waals surface area contributed by atoms with Crippen molar-refractivity contribution in [1.82, 2.24) is 19.2 Å². The molecule has 2 aromatic heterocycles. The van der Waals surface area contributed by atoms with Crippen molar-refractivity contribution in [3.05, 3.63) is 81.0 Å². The summed E-state index contributed by atoms with van der Waals surface area (Å²) in [5.41, 5.74) is 0.00346. The summed E-state index contributed by atoms with van der Waals surface area (Å²) in [6.07, 6.45) is 1.31. The van der Waals surface area contributed by atoms with E-state index >= 15 is 0 Å². The second-order valence-corrected chi connectivity index (χ2v) is 7.11. The van der Waals surface area contributed by atoms with Gasteiger partial charge in [0.25, 0.3) is 11.5 Å². The Morgan fingerprint density at radius 3 is 2.65 bits per heavy atom. The van der Waals surface area contributed by atoms with Gasteiger partial charge in [-0.05, 0) is 36.8 Å². The molecule has 1 aliphatic rings. The van der Waals surface area contributed by atoms with Crippen LogP contribution in [0.15, 0.2) is 41.3 Å². The lowest BCUT2D eigenvalue weighted by Crippen LogP contribution is -2.41. The van der Waals surface area contributed by atoms with Gasteiger partial charge in [-0.25, -0.2) is 13.6 Å². The molecule has 10 heteroatoms. The van der Waals surface area contributed by atoms with E-state index in [1.807, 2.05) is 0 Å². The molecule has 160 valence electrons. The number of fused-ring (bicyclic) bond motifs is 1. The van der Waals surface area contributed by atoms with Crippen LogP contribution in [0.3, 0.4) is 0 Å². The Labute approximate surface area is 175 Å². The van der Waals surface area contributed by atoms with Crippen LogP contribution in [0.4, 0.5) is 8.78 Å². The summed E-state index contributed by atoms with van der Waals surface area (Å²) in [6, 6.07) is 5.80. The Morgan fingerprint density at radius 2 is 1.90 bits per heavy atom. The first kappa shape index (κ1) is 20.5. The third kappa shape index (κ3) is 3.60. The number of benzene rings is 1. The smallest absolute Gasteiger partial charge is 0.358 e. The molecule has 0 N–H and O–H groups in total. The van der Waals surface area contributed by atoms with Crippen molar-refractivity contribution in [2.45, 2.75) is 20.0 Å². The summed E-state index contributed by atoms with van der Waals surface area (Å²) in [5.74, 6) is -2.62. The van der Waals surface area contributed by atoms with Crippen molar-refractivity contribution in [3.63, 3.8) is 0 Å². The number of carbonyl (C=O) groups is 2. The Balaban J connectivity index is 1.69. The molecule has 0 saturated carbocycles. The number of esters is 1. The quantitative estimate of drug-likeness (QED) is 0.596. The molecule has 31 heavy (non-hydrogen) atoms. The predicted octanol–water partition coefficient (Wildman–Crippen LogP) is 2.06. The second kappa shape index (κ2) is 7.78. The number of ether oxygens (including phenoxy) is 1. The maximum Gasteiger partial charge on any atom is 0.358 e. The number of methoxy groups -OCH3 is 1. The fraction of sp³-hybridized carbons (Fsp3) is 0.238. The van der Waals surface area contributed by atoms with Gasteiger partial charge in [0.2, 0.25) is 0 Å². The molecule has 0 atom stereocenters. The molecule has 3 aromatic rings. The molecule has 3 heterocycles. The lowest BCUT2D eigenvalue weighted by Gasteiger charge is -2.28. The average molecular weight is 428 g/mol. The number of hydrogen-bond donors (Lipinski definition) is 0. The van der Waals surface area contributed by atoms with E-state index in [-0.39, 0.29) is 30.0 Å². The minimum atomic E-state index is -0.789. The number of hydrogen-bond acceptors (Lipinski definition) is 5. The van der Waals surface area contributed by atoms with Crippen LogP contribution in [0.5, 0.6) is 0 Å². The van der Waals surface area contributed by atoms with Gasteiger partial charge in [-0.3, -0.25) is 18.8 Å². The lowest BCUT2D eigenvalue weighted by atomic mass is 10.1. The van der Waals surface area contributed by atoms with E-state index in [1.54, 1.807) is 11.6 Å². The molecule has 1 amide bonds. The van der Waals surface area contributed by atoms with Gasteiger partial charge in [0.15, 0.2) is 5.69 Å². The molecule has 8 nitrogen and oxygen atoms in total. The van der Waals surface area contributed by atoms with Crippen LogP contribution in [0.1, 0.15) is 32.1 Å². The van der Waals surface area contributed by atoms with Crippen molar-refractivity contribution < 1.29 is 23.1 Å². The second-order valence-electron chi connectivity index (χ2n) is 7.11. The third-order valence-corrected chi connectivity index (χ3v) is 5.16. The summed E-state index contributed by atoms with van der Waals surface area (Å²) < 4.78 is 35.0. The number of amides is 1. The standard InChI is InChI=1S/C21H18F2N4O4/c1-12-5-6-26(17-9-13(22)3-4-15(17)23)20(29)18(12)19(28)25-7-8-27-14(11-25)10-16(24-27)21(30)31-2/h3-6,9-10H,7-8,11H2,1-2H3. The van der Waals surface area contributed by atoms with Crippen LogP contribution in [0.25, 0.3) is 5.69 Å². The van der Waals surface area contributed by atoms with Crippen LogP contribution in [-0.2, 0) is 17.8 Å². The van der Waals surface area contributed by atoms with Gasteiger partial charge < -0.3 is 9.64 Å². The van der Waals surface area contributed by atoms with E-state index in [1.165, 1.54) is 30.3 Å². The summed E-state index contributed by atoms with van der Waals surface area (Å²) in [4.78, 5) is 39.4. The molecule has 0 spiro atoms. The van der Waals surface area contributed by atoms with Gasteiger partial charge in [0, 0.05) is 18.8 Å². The number of nitrogens with zero attached hydrogens (tertiary/aromatic N) is 4. The molecule has 1 aromatic carbocycles. The molecule has 0 unspecified atom stereocenters. The Hall–Kier alpha value is -3.82. The topological polar surface area (TPSA) is 86.4 Å². The molecule has 0 saturated heterocycles. The van der Waals surface area contributed by atoms with E-state index < -0.39 is 29.1 Å². The first-order chi connectivity index (χ1) is 14.8. The van der Waals surface area contributed by atoms with E-state index in [4.69, 9.17) is 0 Å². The molecular weight excluding hydrogens is 410 g/mol. The Kier molecular flexibility index (Phi) is 5.14. The summed E-state index contributed by atoms with van der Waals surface area (Å²) in [7, 11) is 1.25. The van der Waals surface area contributed by atoms with Crippen molar-refractivity contribution in [2.24, 2.45) is 0 Å². The van der Waals surface area contributed by atoms with E-state index in [0.29, 0.717) is 17.8 Å². The minimum absolute atomic E-state index is 0.130. The fourth-order valence-electron chi connectivity index (χ4n) is 3.55. The number of carbonyl (C=O) groups excluding carboxylic acids is 2. The van der Waals surface area contributed by atoms with E-state index in [0.717, 1.165) is 22.8 Å². The first-order valence-corrected chi connectivity index (χ1v) is 9.42. The minimum Gasteiger partial charge on any atom is -0.464 e. The largest absolute Gasteiger partial charge is 0.464 e. The number of aromatic nitrogens is 3. The number of pyridine rings is 1. The third-order valence-electron chi connectivity index (χ3n) is 5.16. The van der Waals surface area contributed by atoms with Crippen LogP contribution in [0, 0.1) is 18.6 Å². The summed E-state index contributed by atoms with van der Waals surface area (Å²) >= 11 is 0. The van der Waals surface area contributed by atoms with Crippen LogP contribution in [0.2, 0.25) is 0 Å². The molecule has 0 radical (unpaired) electrons. The van der Waals surface area contributed by atoms with Gasteiger partial charge in [0.05, 0.1) is 31.6 Å². The SMILES string of the molecule is COC(=O)c1cc2n(n1)CCN(C(=O)c1c(C)ccn(-c3cc(F)ccc3F)c1=O)C2. The highest BCUT2D eigenvalue weighted by atomic mass is 19.1. The molecule has 4 rings (SSSR count). The Bertz CT molecular complexity index is 1260. The van der Waals surface area contributed by atoms with Gasteiger partial charge in [-0.15, -0.1) is 0 Å². The van der Waals surface area contributed by atoms with Crippen LogP contribution < -0.4 is 5.56 Å². The molecule has 0 fully saturated rings. The van der Waals surface area contributed by atoms with Gasteiger partial charge >= 0.3 is 5.97 Å². The summed E-state index contributed by atoms with van der Waals surface area (Å²) in [5, 5.41) is 4.16. The normalized spacial score (nSPS) is 13.1. The zero-order valence-electron chi connectivity index (χ0n) is 16.8. The predicted molar refractivity (Wildman–Crippen MR) is 105 cm³/mol. The van der Waals surface area contributed by atoms with E-state index in [9.17, 15) is 23.2 Å².